The molecule has 61 heavy (non-hydrogen) atoms. The first-order valence-corrected chi connectivity index (χ1v) is 21.9. The van der Waals surface area contributed by atoms with Gasteiger partial charge < -0.3 is 40.1 Å². The van der Waals surface area contributed by atoms with E-state index < -0.39 is 11.5 Å². The number of imide groups is 1. The largest absolute Gasteiger partial charge is 0.495 e. The Morgan fingerprint density at radius 1 is 1.00 bits per heavy atom. The van der Waals surface area contributed by atoms with Crippen LogP contribution in [0.25, 0.3) is 0 Å². The fourth-order valence-corrected chi connectivity index (χ4v) is 10.0. The van der Waals surface area contributed by atoms with Crippen molar-refractivity contribution in [3.05, 3.63) is 59.5 Å². The number of amides is 4. The molecule has 0 radical (unpaired) electrons. The molecule has 4 aliphatic heterocycles. The number of aliphatic hydroxyl groups is 1. The third kappa shape index (κ3) is 8.74. The Hall–Kier alpha value is -5.35. The van der Waals surface area contributed by atoms with Gasteiger partial charge in [0.2, 0.25) is 23.7 Å². The van der Waals surface area contributed by atoms with Crippen LogP contribution in [0.5, 0.6) is 5.75 Å². The van der Waals surface area contributed by atoms with Gasteiger partial charge in [0.05, 0.1) is 42.7 Å². The Morgan fingerprint density at radius 2 is 1.75 bits per heavy atom. The first kappa shape index (κ1) is 42.3. The number of benzene rings is 2. The molecule has 1 saturated carbocycles. The summed E-state index contributed by atoms with van der Waals surface area (Å²) < 4.78 is 21.0. The number of aromatic nitrogens is 2. The SMILES string of the molecule is CCC1C(=O)N(C)c2cnc(Nc3ccc(C(=O)NC4(CO)CCN(CC5CCN(c6ccc(C7CCC(=O)NC7=O)cc6F)CC5)CC4)cc3OC)nc2N1C1CCCC1. The lowest BCUT2D eigenvalue weighted by Crippen LogP contribution is -2.58. The Kier molecular flexibility index (Phi) is 12.5. The molecule has 5 aliphatic rings. The number of piperidine rings is 3. The maximum atomic E-state index is 15.3. The molecule has 0 bridgehead atoms. The van der Waals surface area contributed by atoms with E-state index >= 15 is 4.39 Å². The molecular weight excluding hydrogens is 782 g/mol. The number of anilines is 5. The van der Waals surface area contributed by atoms with E-state index in [1.54, 1.807) is 55.6 Å². The van der Waals surface area contributed by atoms with Crippen LogP contribution in [0.1, 0.15) is 99.4 Å². The summed E-state index contributed by atoms with van der Waals surface area (Å²) >= 11 is 0. The second kappa shape index (κ2) is 17.9. The summed E-state index contributed by atoms with van der Waals surface area (Å²) in [5.74, 6) is 0.200. The first-order valence-electron chi connectivity index (χ1n) is 21.9. The average Bonchev–Trinajstić information content (AvgIpc) is 3.81. The number of nitrogens with one attached hydrogen (secondary N) is 3. The normalized spacial score (nSPS) is 22.6. The van der Waals surface area contributed by atoms with Crippen LogP contribution < -0.4 is 35.4 Å². The molecule has 1 aliphatic carbocycles. The summed E-state index contributed by atoms with van der Waals surface area (Å²) in [6, 6.07) is 10.1. The van der Waals surface area contributed by atoms with Crippen molar-refractivity contribution in [3.8, 4) is 5.75 Å². The third-order valence-corrected chi connectivity index (χ3v) is 13.7. The van der Waals surface area contributed by atoms with E-state index in [0.717, 1.165) is 77.1 Å². The standard InChI is InChI=1S/C45H58FN9O6/c1-4-35-43(60)52(2)37-25-47-44(50-40(37)55(35)31-7-5-6-8-31)48-34-12-9-30(24-38(34)61-3)41(58)51-45(27-56)17-21-53(22-18-45)26-28-15-19-54(20-16-28)36-13-10-29(23-33(36)46)32-11-14-39(57)49-42(32)59/h9-10,12-13,23-25,28,31-32,35,56H,4-8,11,14-22,26-27H2,1-3H3,(H,51,58)(H,47,48,50)(H,49,57,59). The summed E-state index contributed by atoms with van der Waals surface area (Å²) in [6.45, 7) is 5.65. The van der Waals surface area contributed by atoms with Crippen molar-refractivity contribution in [3.63, 3.8) is 0 Å². The molecule has 4 amide bonds. The fourth-order valence-electron chi connectivity index (χ4n) is 10.0. The summed E-state index contributed by atoms with van der Waals surface area (Å²) in [5.41, 5.74) is 2.04. The van der Waals surface area contributed by atoms with Crippen LogP contribution in [0.2, 0.25) is 0 Å². The van der Waals surface area contributed by atoms with Gasteiger partial charge in [-0.1, -0.05) is 25.8 Å². The Bertz CT molecular complexity index is 2130. The molecule has 5 heterocycles. The lowest BCUT2D eigenvalue weighted by Gasteiger charge is -2.43. The van der Waals surface area contributed by atoms with Gasteiger partial charge >= 0.3 is 0 Å². The van der Waals surface area contributed by atoms with Crippen LogP contribution in [0, 0.1) is 11.7 Å². The quantitative estimate of drug-likeness (QED) is 0.183. The van der Waals surface area contributed by atoms with Gasteiger partial charge in [-0.05, 0) is 93.2 Å². The van der Waals surface area contributed by atoms with Crippen molar-refractivity contribution in [1.29, 1.82) is 0 Å². The van der Waals surface area contributed by atoms with E-state index in [-0.39, 0.29) is 54.6 Å². The zero-order valence-corrected chi connectivity index (χ0v) is 35.4. The molecule has 0 spiro atoms. The monoisotopic (exact) mass is 839 g/mol. The molecule has 2 atom stereocenters. The van der Waals surface area contributed by atoms with Crippen molar-refractivity contribution in [2.45, 2.75) is 101 Å². The van der Waals surface area contributed by atoms with E-state index in [9.17, 15) is 24.3 Å². The zero-order valence-electron chi connectivity index (χ0n) is 35.4. The van der Waals surface area contributed by atoms with Crippen molar-refractivity contribution in [1.82, 2.24) is 25.5 Å². The third-order valence-electron chi connectivity index (χ3n) is 13.7. The number of rotatable bonds is 12. The van der Waals surface area contributed by atoms with E-state index in [4.69, 9.17) is 9.72 Å². The molecule has 4 fully saturated rings. The Balaban J connectivity index is 0.848. The lowest BCUT2D eigenvalue weighted by atomic mass is 9.86. The van der Waals surface area contributed by atoms with Crippen LogP contribution >= 0.6 is 0 Å². The number of carbonyl (C=O) groups excluding carboxylic acids is 4. The van der Waals surface area contributed by atoms with E-state index in [1.807, 2.05) is 6.92 Å². The van der Waals surface area contributed by atoms with Gasteiger partial charge in [-0.15, -0.1) is 0 Å². The fraction of sp³-hybridized carbons (Fsp3) is 0.556. The molecule has 1 aromatic heterocycles. The summed E-state index contributed by atoms with van der Waals surface area (Å²) in [5, 5.41) is 19.4. The van der Waals surface area contributed by atoms with Crippen molar-refractivity contribution in [2.75, 3.05) is 73.5 Å². The van der Waals surface area contributed by atoms with Gasteiger partial charge in [0, 0.05) is 57.8 Å². The summed E-state index contributed by atoms with van der Waals surface area (Å²) in [4.78, 5) is 68.7. The van der Waals surface area contributed by atoms with Crippen LogP contribution in [0.3, 0.4) is 0 Å². The summed E-state index contributed by atoms with van der Waals surface area (Å²) in [6.07, 6.45) is 10.3. The van der Waals surface area contributed by atoms with Gasteiger partial charge in [0.15, 0.2) is 5.82 Å². The minimum absolute atomic E-state index is 0.0536. The number of likely N-dealkylation sites (N-methyl/N-ethyl adjacent to an activating group) is 1. The van der Waals surface area contributed by atoms with Gasteiger partial charge in [-0.25, -0.2) is 9.37 Å². The minimum atomic E-state index is -0.758. The van der Waals surface area contributed by atoms with Crippen molar-refractivity contribution in [2.24, 2.45) is 5.92 Å². The smallest absolute Gasteiger partial charge is 0.251 e. The number of nitrogens with zero attached hydrogens (tertiary/aromatic N) is 6. The summed E-state index contributed by atoms with van der Waals surface area (Å²) in [7, 11) is 3.32. The number of aliphatic hydroxyl groups excluding tert-OH is 1. The number of likely N-dealkylation sites (tertiary alicyclic amines) is 1. The highest BCUT2D eigenvalue weighted by atomic mass is 19.1. The predicted molar refractivity (Wildman–Crippen MR) is 230 cm³/mol. The molecule has 4 N–H and O–H groups in total. The highest BCUT2D eigenvalue weighted by molar-refractivity contribution is 6.04. The minimum Gasteiger partial charge on any atom is -0.495 e. The number of hydrogen-bond donors (Lipinski definition) is 4. The van der Waals surface area contributed by atoms with Crippen molar-refractivity contribution >= 4 is 52.5 Å². The average molecular weight is 840 g/mol. The molecule has 2 aromatic carbocycles. The topological polar surface area (TPSA) is 173 Å². The number of methoxy groups -OCH3 is 1. The number of hydrogen-bond acceptors (Lipinski definition) is 12. The maximum Gasteiger partial charge on any atom is 0.251 e. The van der Waals surface area contributed by atoms with Crippen LogP contribution in [0.4, 0.5) is 33.2 Å². The number of halogens is 1. The van der Waals surface area contributed by atoms with Gasteiger partial charge in [0.1, 0.15) is 23.3 Å². The molecule has 3 saturated heterocycles. The Labute approximate surface area is 356 Å². The number of fused-ring (bicyclic) bond motifs is 1. The second-order valence-corrected chi connectivity index (χ2v) is 17.4. The molecule has 326 valence electrons. The van der Waals surface area contributed by atoms with Gasteiger partial charge in [-0.2, -0.15) is 4.98 Å². The van der Waals surface area contributed by atoms with Crippen molar-refractivity contribution < 1.29 is 33.4 Å². The highest BCUT2D eigenvalue weighted by Gasteiger charge is 2.42. The van der Waals surface area contributed by atoms with E-state index in [2.05, 4.69) is 35.6 Å². The van der Waals surface area contributed by atoms with E-state index in [1.165, 1.54) is 6.07 Å². The maximum absolute atomic E-state index is 15.3. The molecule has 3 aromatic rings. The predicted octanol–water partition coefficient (Wildman–Crippen LogP) is 4.87. The van der Waals surface area contributed by atoms with Crippen LogP contribution in [0.15, 0.2) is 42.6 Å². The second-order valence-electron chi connectivity index (χ2n) is 17.4. The lowest BCUT2D eigenvalue weighted by molar-refractivity contribution is -0.134. The molecule has 8 rings (SSSR count). The van der Waals surface area contributed by atoms with Crippen LogP contribution in [-0.2, 0) is 14.4 Å². The number of ether oxygens (including phenoxy) is 1. The van der Waals surface area contributed by atoms with Crippen LogP contribution in [-0.4, -0.2) is 115 Å². The first-order chi connectivity index (χ1) is 29.5. The Morgan fingerprint density at radius 3 is 2.43 bits per heavy atom. The zero-order chi connectivity index (χ0) is 42.8. The highest BCUT2D eigenvalue weighted by Crippen LogP contribution is 2.41. The molecule has 15 nitrogen and oxygen atoms in total. The molecule has 16 heteroatoms. The van der Waals surface area contributed by atoms with E-state index in [0.29, 0.717) is 71.5 Å². The van der Waals surface area contributed by atoms with Gasteiger partial charge in [-0.3, -0.25) is 24.5 Å². The molecular formula is C45H58FN9O6. The molecule has 2 unspecified atom stereocenters. The van der Waals surface area contributed by atoms with Gasteiger partial charge in [0.25, 0.3) is 5.91 Å². The number of carbonyl (C=O) groups is 4.